The third-order valence-electron chi connectivity index (χ3n) is 11.6. The molecule has 0 fully saturated rings. The van der Waals surface area contributed by atoms with Crippen LogP contribution in [0.15, 0.2) is 193 Å². The van der Waals surface area contributed by atoms with E-state index in [2.05, 4.69) is 202 Å². The van der Waals surface area contributed by atoms with Crippen LogP contribution in [0.25, 0.3) is 33.1 Å². The Hall–Kier alpha value is -6.72. The van der Waals surface area contributed by atoms with Crippen molar-refractivity contribution >= 4 is 50.6 Å². The molecule has 0 spiro atoms. The van der Waals surface area contributed by atoms with Gasteiger partial charge in [0.05, 0.1) is 11.0 Å². The number of allylic oxidation sites excluding steroid dienone is 10. The molecule has 5 aliphatic rings. The lowest BCUT2D eigenvalue weighted by atomic mass is 9.82. The monoisotopic (exact) mass is 696 g/mol. The molecule has 0 radical (unpaired) electrons. The molecule has 5 atom stereocenters. The SMILES string of the molecule is C1=CC2C=CC=C(n3c4ccccc4c4ccc(C5=CC6c7ccccc7[N+](=C7NC(c8ccccc8)=NC(c8ccccc8)N7)C6C=C5)cc43)C2C=C1. The van der Waals surface area contributed by atoms with Crippen LogP contribution in [-0.2, 0) is 0 Å². The van der Waals surface area contributed by atoms with Crippen molar-refractivity contribution in [2.75, 3.05) is 0 Å². The zero-order valence-electron chi connectivity index (χ0n) is 29.6. The van der Waals surface area contributed by atoms with E-state index in [9.17, 15) is 0 Å². The highest BCUT2D eigenvalue weighted by Gasteiger charge is 2.42. The number of aromatic nitrogens is 1. The first-order chi connectivity index (χ1) is 26.8. The van der Waals surface area contributed by atoms with E-state index in [0.29, 0.717) is 11.8 Å². The maximum Gasteiger partial charge on any atom is 0.359 e. The van der Waals surface area contributed by atoms with Gasteiger partial charge in [0, 0.05) is 50.9 Å². The van der Waals surface area contributed by atoms with Gasteiger partial charge in [0.15, 0.2) is 12.0 Å². The van der Waals surface area contributed by atoms with Crippen LogP contribution in [0.4, 0.5) is 5.69 Å². The van der Waals surface area contributed by atoms with Gasteiger partial charge < -0.3 is 4.57 Å². The second-order valence-corrected chi connectivity index (χ2v) is 14.6. The van der Waals surface area contributed by atoms with E-state index in [4.69, 9.17) is 4.99 Å². The molecule has 5 unspecified atom stereocenters. The van der Waals surface area contributed by atoms with Crippen LogP contribution in [-0.4, -0.2) is 27.0 Å². The molecule has 0 amide bonds. The molecule has 5 aromatic carbocycles. The van der Waals surface area contributed by atoms with Gasteiger partial charge in [-0.2, -0.15) is 0 Å². The van der Waals surface area contributed by atoms with Gasteiger partial charge in [-0.15, -0.1) is 0 Å². The molecule has 54 heavy (non-hydrogen) atoms. The Morgan fingerprint density at radius 3 is 2.30 bits per heavy atom. The van der Waals surface area contributed by atoms with Crippen molar-refractivity contribution in [3.63, 3.8) is 0 Å². The second-order valence-electron chi connectivity index (χ2n) is 14.6. The van der Waals surface area contributed by atoms with E-state index in [1.807, 2.05) is 6.07 Å². The summed E-state index contributed by atoms with van der Waals surface area (Å²) in [6.07, 6.45) is 22.8. The number of fused-ring (bicyclic) bond motifs is 7. The van der Waals surface area contributed by atoms with Crippen LogP contribution in [0.5, 0.6) is 0 Å². The first kappa shape index (κ1) is 30.9. The highest BCUT2D eigenvalue weighted by atomic mass is 15.4. The van der Waals surface area contributed by atoms with Crippen LogP contribution in [0, 0.1) is 11.8 Å². The summed E-state index contributed by atoms with van der Waals surface area (Å²) in [6, 6.07) is 45.7. The summed E-state index contributed by atoms with van der Waals surface area (Å²) in [5.74, 6) is 2.62. The minimum atomic E-state index is -0.230. The fourth-order valence-electron chi connectivity index (χ4n) is 9.09. The number of rotatable bonds is 4. The first-order valence-electron chi connectivity index (χ1n) is 18.9. The topological polar surface area (TPSA) is 44.4 Å². The number of nitrogens with zero attached hydrogens (tertiary/aromatic N) is 3. The number of benzene rings is 5. The van der Waals surface area contributed by atoms with Crippen LogP contribution >= 0.6 is 0 Å². The quantitative estimate of drug-likeness (QED) is 0.180. The molecular formula is C49H38N5+. The van der Waals surface area contributed by atoms with Crippen LogP contribution in [0.3, 0.4) is 0 Å². The van der Waals surface area contributed by atoms with E-state index >= 15 is 0 Å². The third-order valence-corrected chi connectivity index (χ3v) is 11.6. The number of aliphatic imine (C=N–C) groups is 1. The Morgan fingerprint density at radius 2 is 1.39 bits per heavy atom. The Bertz CT molecular complexity index is 2740. The smallest absolute Gasteiger partial charge is 0.312 e. The molecule has 0 bridgehead atoms. The Kier molecular flexibility index (Phi) is 7.12. The maximum atomic E-state index is 5.16. The summed E-state index contributed by atoms with van der Waals surface area (Å²) in [5, 5.41) is 10.1. The van der Waals surface area contributed by atoms with Crippen LogP contribution < -0.4 is 10.6 Å². The molecular weight excluding hydrogens is 659 g/mol. The van der Waals surface area contributed by atoms with Gasteiger partial charge in [0.2, 0.25) is 0 Å². The molecule has 1 aromatic heterocycles. The standard InChI is InChI=1S/C49H37N5/c1-3-15-33(16-4-1)47-50-48(34-17-5-2-6-18-34)52-49(51-47)54-44-24-12-10-22-39(44)41-30-35(27-29-45(41)54)36-26-28-40-38-21-9-11-23-43(38)53(46(40)31-36)42-25-13-19-32-14-7-8-20-37(32)42/h1-32,37,41,45,47H,(H,50,51,52)/p+1. The van der Waals surface area contributed by atoms with Crippen molar-refractivity contribution in [3.05, 3.63) is 210 Å². The van der Waals surface area contributed by atoms with Crippen molar-refractivity contribution in [1.29, 1.82) is 0 Å². The number of hydrogen-bond donors (Lipinski definition) is 2. The molecule has 5 heteroatoms. The number of para-hydroxylation sites is 2. The molecule has 0 saturated carbocycles. The lowest BCUT2D eigenvalue weighted by molar-refractivity contribution is -0.466. The van der Waals surface area contributed by atoms with Crippen molar-refractivity contribution in [1.82, 2.24) is 15.2 Å². The predicted molar refractivity (Wildman–Crippen MR) is 222 cm³/mol. The number of nitrogens with one attached hydrogen (secondary N) is 2. The summed E-state index contributed by atoms with van der Waals surface area (Å²) in [4.78, 5) is 5.16. The lowest BCUT2D eigenvalue weighted by Crippen LogP contribution is -2.52. The Balaban J connectivity index is 1.02. The molecule has 3 aliphatic carbocycles. The summed E-state index contributed by atoms with van der Waals surface area (Å²) in [7, 11) is 0. The Labute approximate surface area is 314 Å². The molecule has 258 valence electrons. The van der Waals surface area contributed by atoms with Crippen molar-refractivity contribution in [3.8, 4) is 0 Å². The molecule has 11 rings (SSSR count). The van der Waals surface area contributed by atoms with Gasteiger partial charge in [-0.3, -0.25) is 5.32 Å². The second kappa shape index (κ2) is 12.5. The minimum absolute atomic E-state index is 0.0881. The lowest BCUT2D eigenvalue weighted by Gasteiger charge is -2.28. The summed E-state index contributed by atoms with van der Waals surface area (Å²) in [5.41, 5.74) is 11.0. The molecule has 3 heterocycles. The highest BCUT2D eigenvalue weighted by molar-refractivity contribution is 6.11. The molecule has 5 nitrogen and oxygen atoms in total. The van der Waals surface area contributed by atoms with Gasteiger partial charge >= 0.3 is 5.96 Å². The van der Waals surface area contributed by atoms with E-state index < -0.39 is 0 Å². The minimum Gasteiger partial charge on any atom is -0.312 e. The van der Waals surface area contributed by atoms with Crippen molar-refractivity contribution in [2.24, 2.45) is 16.8 Å². The van der Waals surface area contributed by atoms with Crippen molar-refractivity contribution < 1.29 is 4.58 Å². The number of hydrogen-bond acceptors (Lipinski definition) is 1. The van der Waals surface area contributed by atoms with Crippen molar-refractivity contribution in [2.45, 2.75) is 18.1 Å². The average molecular weight is 697 g/mol. The van der Waals surface area contributed by atoms with E-state index in [0.717, 1.165) is 22.9 Å². The predicted octanol–water partition coefficient (Wildman–Crippen LogP) is 10.0. The van der Waals surface area contributed by atoms with Gasteiger partial charge in [0.1, 0.15) is 11.7 Å². The van der Waals surface area contributed by atoms with Gasteiger partial charge in [-0.25, -0.2) is 14.9 Å². The maximum absolute atomic E-state index is 5.16. The van der Waals surface area contributed by atoms with Gasteiger partial charge in [0.25, 0.3) is 0 Å². The summed E-state index contributed by atoms with van der Waals surface area (Å²) >= 11 is 0. The first-order valence-corrected chi connectivity index (χ1v) is 18.9. The fraction of sp³-hybridized carbons (Fsp3) is 0.102. The molecule has 6 aromatic rings. The fourth-order valence-corrected chi connectivity index (χ4v) is 9.09. The third kappa shape index (κ3) is 4.92. The van der Waals surface area contributed by atoms with Crippen LogP contribution in [0.2, 0.25) is 0 Å². The van der Waals surface area contributed by atoms with E-state index in [1.54, 1.807) is 0 Å². The van der Waals surface area contributed by atoms with Crippen LogP contribution in [0.1, 0.15) is 34.3 Å². The number of guanidine groups is 1. The summed E-state index contributed by atoms with van der Waals surface area (Å²) < 4.78 is 4.94. The molecule has 0 saturated heterocycles. The highest BCUT2D eigenvalue weighted by Crippen LogP contribution is 2.46. The normalized spacial score (nSPS) is 25.0. The largest absolute Gasteiger partial charge is 0.359 e. The summed E-state index contributed by atoms with van der Waals surface area (Å²) in [6.45, 7) is 0. The van der Waals surface area contributed by atoms with E-state index in [-0.39, 0.29) is 18.1 Å². The zero-order valence-corrected chi connectivity index (χ0v) is 29.6. The average Bonchev–Trinajstić information content (AvgIpc) is 3.76. The Morgan fingerprint density at radius 1 is 0.630 bits per heavy atom. The number of amidine groups is 1. The zero-order chi connectivity index (χ0) is 35.6. The van der Waals surface area contributed by atoms with Gasteiger partial charge in [-0.1, -0.05) is 146 Å². The molecule has 2 aliphatic heterocycles. The van der Waals surface area contributed by atoms with E-state index in [1.165, 1.54) is 49.9 Å². The molecule has 2 N–H and O–H groups in total. The van der Waals surface area contributed by atoms with Gasteiger partial charge in [-0.05, 0) is 53.6 Å².